The van der Waals surface area contributed by atoms with Gasteiger partial charge in [0, 0.05) is 10.8 Å². The van der Waals surface area contributed by atoms with E-state index in [2.05, 4.69) is 0 Å². The number of nitro benzene ring substituents is 1. The first-order valence-electron chi connectivity index (χ1n) is 3.92. The first-order valence-corrected chi connectivity index (χ1v) is 5.88. The number of aryl methyl sites for hydroxylation is 1. The van der Waals surface area contributed by atoms with Crippen molar-refractivity contribution < 1.29 is 4.92 Å². The minimum absolute atomic E-state index is 0.207. The Hall–Kier alpha value is -0.690. The second-order valence-corrected chi connectivity index (χ2v) is 4.95. The van der Waals surface area contributed by atoms with Gasteiger partial charge in [0.15, 0.2) is 0 Å². The van der Waals surface area contributed by atoms with E-state index < -0.39 is 0 Å². The lowest BCUT2D eigenvalue weighted by Crippen LogP contribution is -1.93. The zero-order valence-electron chi connectivity index (χ0n) is 7.28. The molecule has 0 saturated carbocycles. The summed E-state index contributed by atoms with van der Waals surface area (Å²) in [7, 11) is 0. The van der Waals surface area contributed by atoms with E-state index in [0.717, 1.165) is 19.2 Å². The Morgan fingerprint density at radius 3 is 2.93 bits per heavy atom. The lowest BCUT2D eigenvalue weighted by atomic mass is 10.1. The molecule has 14 heavy (non-hydrogen) atoms. The second-order valence-electron chi connectivity index (χ2n) is 2.92. The van der Waals surface area contributed by atoms with Crippen molar-refractivity contribution in [2.45, 2.75) is 6.92 Å². The molecule has 2 aromatic rings. The molecule has 0 fully saturated rings. The first-order chi connectivity index (χ1) is 6.61. The van der Waals surface area contributed by atoms with Crippen LogP contribution in [0.2, 0.25) is 0 Å². The molecule has 0 amide bonds. The number of rotatable bonds is 1. The number of hydrogen-bond donors (Lipinski definition) is 0. The summed E-state index contributed by atoms with van der Waals surface area (Å²) in [5, 5.41) is 13.8. The van der Waals surface area contributed by atoms with E-state index in [-0.39, 0.29) is 10.6 Å². The number of halogens is 1. The predicted molar refractivity (Wildman–Crippen MR) is 65.9 cm³/mol. The van der Waals surface area contributed by atoms with Gasteiger partial charge in [0.05, 0.1) is 8.49 Å². The van der Waals surface area contributed by atoms with Crippen molar-refractivity contribution >= 4 is 49.7 Å². The number of fused-ring (bicyclic) bond motifs is 1. The van der Waals surface area contributed by atoms with Crippen LogP contribution in [0, 0.1) is 20.6 Å². The molecule has 0 spiro atoms. The minimum atomic E-state index is -0.325. The van der Waals surface area contributed by atoms with E-state index in [0.29, 0.717) is 0 Å². The summed E-state index contributed by atoms with van der Waals surface area (Å²) in [4.78, 5) is 10.4. The highest BCUT2D eigenvalue weighted by Crippen LogP contribution is 2.33. The minimum Gasteiger partial charge on any atom is -0.258 e. The van der Waals surface area contributed by atoms with Crippen LogP contribution in [0.3, 0.4) is 0 Å². The fourth-order valence-corrected chi connectivity index (χ4v) is 2.89. The van der Waals surface area contributed by atoms with E-state index in [1.165, 1.54) is 11.3 Å². The van der Waals surface area contributed by atoms with Gasteiger partial charge in [-0.05, 0) is 51.9 Å². The van der Waals surface area contributed by atoms with E-state index in [4.69, 9.17) is 0 Å². The molecule has 0 atom stereocenters. The standard InChI is InChI=1S/C9H6INO2S/c1-5-6-2-3-14-8(6)4-7(9(5)10)11(12)13/h2-4H,1H3. The van der Waals surface area contributed by atoms with Crippen LogP contribution in [0.25, 0.3) is 10.1 Å². The van der Waals surface area contributed by atoms with E-state index in [1.54, 1.807) is 6.07 Å². The molecule has 0 unspecified atom stereocenters. The normalized spacial score (nSPS) is 10.7. The molecule has 0 bridgehead atoms. The largest absolute Gasteiger partial charge is 0.284 e. The molecule has 72 valence electrons. The van der Waals surface area contributed by atoms with Gasteiger partial charge in [0.1, 0.15) is 0 Å². The van der Waals surface area contributed by atoms with Gasteiger partial charge in [0.25, 0.3) is 5.69 Å². The van der Waals surface area contributed by atoms with Crippen LogP contribution in [0.4, 0.5) is 5.69 Å². The summed E-state index contributed by atoms with van der Waals surface area (Å²) < 4.78 is 1.72. The highest BCUT2D eigenvalue weighted by Gasteiger charge is 2.16. The average molecular weight is 319 g/mol. The molecule has 0 aliphatic rings. The van der Waals surface area contributed by atoms with Crippen molar-refractivity contribution in [2.24, 2.45) is 0 Å². The third-order valence-corrected chi connectivity index (χ3v) is 4.34. The molecule has 0 aliphatic heterocycles. The summed E-state index contributed by atoms with van der Waals surface area (Å²) >= 11 is 3.56. The Balaban J connectivity index is 2.87. The molecule has 1 aromatic carbocycles. The van der Waals surface area contributed by atoms with E-state index in [9.17, 15) is 10.1 Å². The topological polar surface area (TPSA) is 43.1 Å². The van der Waals surface area contributed by atoms with Crippen molar-refractivity contribution in [1.29, 1.82) is 0 Å². The van der Waals surface area contributed by atoms with Crippen molar-refractivity contribution in [3.63, 3.8) is 0 Å². The van der Waals surface area contributed by atoms with Gasteiger partial charge in [-0.1, -0.05) is 0 Å². The summed E-state index contributed by atoms with van der Waals surface area (Å²) in [5.41, 5.74) is 1.20. The Kier molecular flexibility index (Phi) is 2.44. The van der Waals surface area contributed by atoms with E-state index >= 15 is 0 Å². The van der Waals surface area contributed by atoms with Crippen molar-refractivity contribution in [3.05, 3.63) is 36.8 Å². The summed E-state index contributed by atoms with van der Waals surface area (Å²) in [6.45, 7) is 1.92. The highest BCUT2D eigenvalue weighted by atomic mass is 127. The van der Waals surface area contributed by atoms with Gasteiger partial charge < -0.3 is 0 Å². The molecule has 0 saturated heterocycles. The van der Waals surface area contributed by atoms with E-state index in [1.807, 2.05) is 41.0 Å². The SMILES string of the molecule is Cc1c(I)c([N+](=O)[O-])cc2sccc12. The second kappa shape index (κ2) is 3.47. The predicted octanol–water partition coefficient (Wildman–Crippen LogP) is 3.72. The lowest BCUT2D eigenvalue weighted by molar-refractivity contribution is -0.385. The Bertz CT molecular complexity index is 521. The van der Waals surface area contributed by atoms with Gasteiger partial charge in [-0.3, -0.25) is 10.1 Å². The monoisotopic (exact) mass is 319 g/mol. The zero-order valence-corrected chi connectivity index (χ0v) is 10.3. The summed E-state index contributed by atoms with van der Waals surface area (Å²) in [6, 6.07) is 3.65. The smallest absolute Gasteiger partial charge is 0.258 e. The van der Waals surface area contributed by atoms with Crippen LogP contribution >= 0.6 is 33.9 Å². The van der Waals surface area contributed by atoms with Crippen LogP contribution in [-0.2, 0) is 0 Å². The molecule has 1 aromatic heterocycles. The maximum absolute atomic E-state index is 10.7. The first kappa shape index (κ1) is 9.85. The van der Waals surface area contributed by atoms with Gasteiger partial charge >= 0.3 is 0 Å². The van der Waals surface area contributed by atoms with Crippen LogP contribution < -0.4 is 0 Å². The van der Waals surface area contributed by atoms with Crippen LogP contribution in [0.1, 0.15) is 5.56 Å². The average Bonchev–Trinajstić information content (AvgIpc) is 2.58. The Morgan fingerprint density at radius 1 is 1.57 bits per heavy atom. The lowest BCUT2D eigenvalue weighted by Gasteiger charge is -2.01. The van der Waals surface area contributed by atoms with Gasteiger partial charge in [0.2, 0.25) is 0 Å². The van der Waals surface area contributed by atoms with Crippen LogP contribution in [0.5, 0.6) is 0 Å². The molecule has 0 aliphatic carbocycles. The molecular formula is C9H6INO2S. The van der Waals surface area contributed by atoms with Crippen LogP contribution in [0.15, 0.2) is 17.5 Å². The van der Waals surface area contributed by atoms with Crippen molar-refractivity contribution in [2.75, 3.05) is 0 Å². The molecule has 3 nitrogen and oxygen atoms in total. The van der Waals surface area contributed by atoms with Gasteiger partial charge in [-0.25, -0.2) is 0 Å². The number of hydrogen-bond acceptors (Lipinski definition) is 3. The van der Waals surface area contributed by atoms with Crippen LogP contribution in [-0.4, -0.2) is 4.92 Å². The van der Waals surface area contributed by atoms with Gasteiger partial charge in [-0.2, -0.15) is 0 Å². The maximum atomic E-state index is 10.7. The fourth-order valence-electron chi connectivity index (χ4n) is 1.37. The molecule has 1 heterocycles. The Morgan fingerprint density at radius 2 is 2.29 bits per heavy atom. The zero-order chi connectivity index (χ0) is 10.3. The summed E-state index contributed by atoms with van der Waals surface area (Å²) in [5.74, 6) is 0. The Labute approximate surface area is 98.0 Å². The van der Waals surface area contributed by atoms with Crippen molar-refractivity contribution in [1.82, 2.24) is 0 Å². The fraction of sp³-hybridized carbons (Fsp3) is 0.111. The highest BCUT2D eigenvalue weighted by molar-refractivity contribution is 14.1. The maximum Gasteiger partial charge on any atom is 0.284 e. The summed E-state index contributed by atoms with van der Waals surface area (Å²) in [6.07, 6.45) is 0. The molecule has 0 radical (unpaired) electrons. The van der Waals surface area contributed by atoms with Crippen molar-refractivity contribution in [3.8, 4) is 0 Å². The quantitative estimate of drug-likeness (QED) is 0.457. The molecule has 5 heteroatoms. The number of nitrogens with zero attached hydrogens (tertiary/aromatic N) is 1. The molecule has 0 N–H and O–H groups in total. The number of nitro groups is 1. The number of thiophene rings is 1. The third kappa shape index (κ3) is 1.40. The van der Waals surface area contributed by atoms with Gasteiger partial charge in [-0.15, -0.1) is 11.3 Å². The molecular weight excluding hydrogens is 313 g/mol. The third-order valence-electron chi connectivity index (χ3n) is 2.12. The number of benzene rings is 1. The molecule has 2 rings (SSSR count).